The van der Waals surface area contributed by atoms with Gasteiger partial charge in [0.05, 0.1) is 37.5 Å². The number of tetrazole rings is 1. The van der Waals surface area contributed by atoms with Gasteiger partial charge in [0.2, 0.25) is 5.91 Å². The van der Waals surface area contributed by atoms with Gasteiger partial charge < -0.3 is 30.6 Å². The van der Waals surface area contributed by atoms with E-state index in [1.807, 2.05) is 36.4 Å². The van der Waals surface area contributed by atoms with Crippen LogP contribution in [0, 0.1) is 0 Å². The number of carbonyl (C=O) groups is 3. The van der Waals surface area contributed by atoms with Crippen LogP contribution < -0.4 is 16.4 Å². The smallest absolute Gasteiger partial charge is 0.407 e. The lowest BCUT2D eigenvalue weighted by Crippen LogP contribution is -2.51. The molecule has 3 aromatic rings. The monoisotopic (exact) mass is 619 g/mol. The lowest BCUT2D eigenvalue weighted by atomic mass is 10.1. The van der Waals surface area contributed by atoms with Crippen LogP contribution in [-0.2, 0) is 32.2 Å². The molecule has 0 aliphatic heterocycles. The highest BCUT2D eigenvalue weighted by Gasteiger charge is 2.28. The Hall–Kier alpha value is -4.07. The van der Waals surface area contributed by atoms with Crippen LogP contribution in [0.4, 0.5) is 4.79 Å². The van der Waals surface area contributed by atoms with Crippen LogP contribution in [0.2, 0.25) is 0 Å². The molecule has 1 heterocycles. The minimum Gasteiger partial charge on any atom is -0.462 e. The Labute approximate surface area is 258 Å². The number of nitrogens with zero attached hydrogens (tertiary/aromatic N) is 4. The van der Waals surface area contributed by atoms with Gasteiger partial charge >= 0.3 is 12.1 Å². The summed E-state index contributed by atoms with van der Waals surface area (Å²) < 4.78 is 17.7. The van der Waals surface area contributed by atoms with Crippen molar-refractivity contribution in [2.24, 2.45) is 5.73 Å². The van der Waals surface area contributed by atoms with Crippen LogP contribution in [-0.4, -0.2) is 70.1 Å². The average Bonchev–Trinajstić information content (AvgIpc) is 3.43. The van der Waals surface area contributed by atoms with E-state index < -0.39 is 23.6 Å². The Morgan fingerprint density at radius 1 is 0.977 bits per heavy atom. The number of ether oxygens (including phenoxy) is 3. The number of esters is 1. The molecule has 43 heavy (non-hydrogen) atoms. The molecule has 0 aliphatic carbocycles. The van der Waals surface area contributed by atoms with Gasteiger partial charge in [-0.25, -0.2) is 14.3 Å². The van der Waals surface area contributed by atoms with Crippen molar-refractivity contribution in [1.29, 1.82) is 0 Å². The van der Waals surface area contributed by atoms with Crippen molar-refractivity contribution in [3.63, 3.8) is 0 Å². The summed E-state index contributed by atoms with van der Waals surface area (Å²) in [7, 11) is 0. The molecule has 2 amide bonds. The highest BCUT2D eigenvalue weighted by Crippen LogP contribution is 2.13. The summed E-state index contributed by atoms with van der Waals surface area (Å²) in [5.74, 6) is -0.438. The second-order valence-corrected chi connectivity index (χ2v) is 9.78. The number of halogens is 1. The Balaban J connectivity index is 0.00000462. The molecule has 0 radical (unpaired) electrons. The van der Waals surface area contributed by atoms with E-state index in [1.165, 1.54) is 4.68 Å². The van der Waals surface area contributed by atoms with Gasteiger partial charge in [-0.1, -0.05) is 56.0 Å². The van der Waals surface area contributed by atoms with E-state index in [4.69, 9.17) is 19.9 Å². The Kier molecular flexibility index (Phi) is 16.5. The van der Waals surface area contributed by atoms with Crippen molar-refractivity contribution in [3.8, 4) is 0 Å². The van der Waals surface area contributed by atoms with E-state index in [-0.39, 0.29) is 52.2 Å². The quantitative estimate of drug-likeness (QED) is 0.160. The number of carbonyl (C=O) groups excluding carboxylic acids is 3. The van der Waals surface area contributed by atoms with Gasteiger partial charge in [-0.3, -0.25) is 4.79 Å². The minimum absolute atomic E-state index is 0. The number of unbranched alkanes of at least 4 members (excludes halogenated alkanes) is 1. The van der Waals surface area contributed by atoms with E-state index in [9.17, 15) is 14.4 Å². The minimum atomic E-state index is -1.12. The lowest BCUT2D eigenvalue weighted by molar-refractivity contribution is -0.126. The van der Waals surface area contributed by atoms with Gasteiger partial charge in [0.25, 0.3) is 0 Å². The zero-order valence-electron chi connectivity index (χ0n) is 23.7. The maximum absolute atomic E-state index is 12.6. The molecule has 1 atom stereocenters. The molecule has 236 valence electrons. The summed E-state index contributed by atoms with van der Waals surface area (Å²) in [6, 6.07) is 17.7. The first-order valence-corrected chi connectivity index (χ1v) is 13.3. The zero-order chi connectivity index (χ0) is 29.5. The second-order valence-electron chi connectivity index (χ2n) is 9.78. The number of nitrogens with two attached hydrogens (primary N) is 1. The second kappa shape index (κ2) is 19.2. The average molecular weight is 620 g/mol. The van der Waals surface area contributed by atoms with Crippen LogP contribution in [0.1, 0.15) is 61.9 Å². The maximum atomic E-state index is 12.6. The largest absolute Gasteiger partial charge is 0.462 e. The van der Waals surface area contributed by atoms with Gasteiger partial charge in [-0.05, 0) is 54.8 Å². The standard InChI is InChI=1S/C28H37N7O6.CH4.ClH/c1-28(2,29)26(37)31-23(20-39-19-21-11-5-3-6-12-21)24-32-33-34-35(24)16-18-41-27(38)30-15-9-10-17-40-25(36)22-13-7-4-8-14-22;;/h3-8,11-14,23H,9-10,15-20,29H2,1-2H3,(H,30,38)(H,31,37);1H4;1H/t23-;;/m1../s1. The third-order valence-electron chi connectivity index (χ3n) is 5.78. The third-order valence-corrected chi connectivity index (χ3v) is 5.78. The lowest BCUT2D eigenvalue weighted by Gasteiger charge is -2.23. The SMILES string of the molecule is C.CC(C)(N)C(=O)N[C@H](COCc1ccccc1)c1nnnn1CCOC(=O)NCCCCOC(=O)c1ccccc1.Cl. The Bertz CT molecular complexity index is 1240. The normalized spacial score (nSPS) is 11.3. The van der Waals surface area contributed by atoms with Crippen molar-refractivity contribution in [3.05, 3.63) is 77.6 Å². The van der Waals surface area contributed by atoms with E-state index in [0.717, 1.165) is 5.56 Å². The molecule has 1 aromatic heterocycles. The summed E-state index contributed by atoms with van der Waals surface area (Å²) in [4.78, 5) is 36.6. The zero-order valence-corrected chi connectivity index (χ0v) is 24.5. The first-order chi connectivity index (χ1) is 19.7. The molecular formula is C29H42ClN7O6. The van der Waals surface area contributed by atoms with Crippen molar-refractivity contribution in [2.45, 2.75) is 58.8 Å². The Morgan fingerprint density at radius 3 is 2.33 bits per heavy atom. The summed E-state index contributed by atoms with van der Waals surface area (Å²) in [5, 5.41) is 17.2. The van der Waals surface area contributed by atoms with Gasteiger partial charge in [-0.2, -0.15) is 0 Å². The van der Waals surface area contributed by atoms with Gasteiger partial charge in [0.1, 0.15) is 12.6 Å². The maximum Gasteiger partial charge on any atom is 0.407 e. The molecular weight excluding hydrogens is 578 g/mol. The fraction of sp³-hybridized carbons (Fsp3) is 0.448. The van der Waals surface area contributed by atoms with Crippen molar-refractivity contribution in [2.75, 3.05) is 26.4 Å². The molecule has 0 saturated carbocycles. The number of benzene rings is 2. The van der Waals surface area contributed by atoms with Gasteiger partial charge in [0.15, 0.2) is 5.82 Å². The van der Waals surface area contributed by atoms with Crippen LogP contribution in [0.15, 0.2) is 60.7 Å². The predicted molar refractivity (Wildman–Crippen MR) is 162 cm³/mol. The van der Waals surface area contributed by atoms with Crippen LogP contribution in [0.25, 0.3) is 0 Å². The summed E-state index contributed by atoms with van der Waals surface area (Å²) in [6.45, 7) is 4.38. The third kappa shape index (κ3) is 13.2. The number of hydrogen-bond acceptors (Lipinski definition) is 10. The summed E-state index contributed by atoms with van der Waals surface area (Å²) in [6.07, 6.45) is 0.601. The summed E-state index contributed by atoms with van der Waals surface area (Å²) >= 11 is 0. The van der Waals surface area contributed by atoms with Crippen LogP contribution >= 0.6 is 12.4 Å². The molecule has 0 spiro atoms. The first kappa shape index (κ1) is 37.0. The van der Waals surface area contributed by atoms with Crippen molar-refractivity contribution in [1.82, 2.24) is 30.8 Å². The van der Waals surface area contributed by atoms with E-state index in [2.05, 4.69) is 26.2 Å². The predicted octanol–water partition coefficient (Wildman–Crippen LogP) is 3.21. The molecule has 14 heteroatoms. The highest BCUT2D eigenvalue weighted by atomic mass is 35.5. The number of rotatable bonds is 16. The molecule has 13 nitrogen and oxygen atoms in total. The van der Waals surface area contributed by atoms with Gasteiger partial charge in [-0.15, -0.1) is 17.5 Å². The number of nitrogens with one attached hydrogen (secondary N) is 2. The van der Waals surface area contributed by atoms with Crippen LogP contribution in [0.3, 0.4) is 0 Å². The fourth-order valence-corrected chi connectivity index (χ4v) is 3.53. The molecule has 0 bridgehead atoms. The van der Waals surface area contributed by atoms with E-state index >= 15 is 0 Å². The molecule has 0 aliphatic rings. The van der Waals surface area contributed by atoms with Crippen molar-refractivity contribution >= 4 is 30.4 Å². The fourth-order valence-electron chi connectivity index (χ4n) is 3.53. The molecule has 2 aromatic carbocycles. The van der Waals surface area contributed by atoms with E-state index in [0.29, 0.717) is 37.4 Å². The molecule has 0 fully saturated rings. The van der Waals surface area contributed by atoms with Gasteiger partial charge in [0, 0.05) is 6.54 Å². The molecule has 0 unspecified atom stereocenters. The molecule has 0 saturated heterocycles. The van der Waals surface area contributed by atoms with Crippen molar-refractivity contribution < 1.29 is 28.6 Å². The molecule has 4 N–H and O–H groups in total. The highest BCUT2D eigenvalue weighted by molar-refractivity contribution is 5.89. The number of alkyl carbamates (subject to hydrolysis) is 1. The first-order valence-electron chi connectivity index (χ1n) is 13.3. The molecule has 3 rings (SSSR count). The number of amides is 2. The van der Waals surface area contributed by atoms with E-state index in [1.54, 1.807) is 38.1 Å². The number of hydrogen-bond donors (Lipinski definition) is 3. The Morgan fingerprint density at radius 2 is 1.65 bits per heavy atom. The summed E-state index contributed by atoms with van der Waals surface area (Å²) in [5.41, 5.74) is 6.31. The topological polar surface area (TPSA) is 173 Å². The van der Waals surface area contributed by atoms with Crippen LogP contribution in [0.5, 0.6) is 0 Å². The number of aromatic nitrogens is 4.